The van der Waals surface area contributed by atoms with Gasteiger partial charge in [-0.1, -0.05) is 43.0 Å². The standard InChI is InChI=1S/C30H28N2O8S/c1-4-12-37-20-9-6-18(7-10-20)24-23(25(33)19-8-11-21-22(16-19)39-15-14-38-21)26(34)28(35)32(24)30-31-17(3)27(41-30)29(36)40-13-5-2/h5-11,16,24,33H,2,4,12-15H2,1,3H3/b25-23+. The Balaban J connectivity index is 1.62. The van der Waals surface area contributed by atoms with Crippen LogP contribution in [0.2, 0.25) is 0 Å². The average Bonchev–Trinajstić information content (AvgIpc) is 3.50. The van der Waals surface area contributed by atoms with E-state index in [2.05, 4.69) is 11.6 Å². The van der Waals surface area contributed by atoms with Crippen LogP contribution in [-0.4, -0.2) is 54.2 Å². The van der Waals surface area contributed by atoms with E-state index in [0.717, 1.165) is 17.8 Å². The first kappa shape index (κ1) is 27.9. The van der Waals surface area contributed by atoms with Gasteiger partial charge in [0.05, 0.1) is 23.9 Å². The zero-order chi connectivity index (χ0) is 29.1. The molecule has 2 aliphatic heterocycles. The molecule has 2 aromatic carbocycles. The molecule has 0 saturated carbocycles. The maximum absolute atomic E-state index is 13.5. The lowest BCUT2D eigenvalue weighted by Gasteiger charge is -2.23. The summed E-state index contributed by atoms with van der Waals surface area (Å²) in [6.45, 7) is 8.44. The molecule has 1 saturated heterocycles. The Morgan fingerprint density at radius 3 is 2.61 bits per heavy atom. The van der Waals surface area contributed by atoms with Crippen LogP contribution in [0.15, 0.2) is 60.7 Å². The number of fused-ring (bicyclic) bond motifs is 1. The van der Waals surface area contributed by atoms with Crippen LogP contribution in [0.1, 0.15) is 45.9 Å². The molecule has 1 unspecified atom stereocenters. The van der Waals surface area contributed by atoms with Gasteiger partial charge in [-0.15, -0.1) is 0 Å². The average molecular weight is 577 g/mol. The summed E-state index contributed by atoms with van der Waals surface area (Å²) in [5.74, 6) is -1.22. The van der Waals surface area contributed by atoms with E-state index in [0.29, 0.717) is 48.3 Å². The van der Waals surface area contributed by atoms with Crippen LogP contribution in [0.5, 0.6) is 17.2 Å². The highest BCUT2D eigenvalue weighted by molar-refractivity contribution is 7.17. The fraction of sp³-hybridized carbons (Fsp3) is 0.267. The van der Waals surface area contributed by atoms with E-state index in [4.69, 9.17) is 18.9 Å². The second-order valence-corrected chi connectivity index (χ2v) is 10.2. The third kappa shape index (κ3) is 5.40. The van der Waals surface area contributed by atoms with Gasteiger partial charge in [0, 0.05) is 5.56 Å². The fourth-order valence-electron chi connectivity index (χ4n) is 4.53. The third-order valence-electron chi connectivity index (χ3n) is 6.44. The van der Waals surface area contributed by atoms with Crippen LogP contribution in [0.3, 0.4) is 0 Å². The first-order valence-corrected chi connectivity index (χ1v) is 13.8. The molecule has 0 spiro atoms. The SMILES string of the molecule is C=CCOC(=O)c1sc(N2C(=O)C(=O)/C(=C(/O)c3ccc4c(c3)OCCO4)C2c2ccc(OCCC)cc2)nc1C. The molecule has 1 N–H and O–H groups in total. The summed E-state index contributed by atoms with van der Waals surface area (Å²) in [4.78, 5) is 45.5. The van der Waals surface area contributed by atoms with Gasteiger partial charge in [-0.05, 0) is 49.2 Å². The van der Waals surface area contributed by atoms with Crippen molar-refractivity contribution in [1.82, 2.24) is 4.98 Å². The van der Waals surface area contributed by atoms with Crippen molar-refractivity contribution >= 4 is 39.9 Å². The molecule has 2 aliphatic rings. The first-order valence-electron chi connectivity index (χ1n) is 13.0. The maximum atomic E-state index is 13.5. The predicted molar refractivity (Wildman–Crippen MR) is 152 cm³/mol. The minimum absolute atomic E-state index is 0.0119. The van der Waals surface area contributed by atoms with E-state index in [9.17, 15) is 19.5 Å². The van der Waals surface area contributed by atoms with Gasteiger partial charge in [0.25, 0.3) is 5.78 Å². The molecule has 0 bridgehead atoms. The Kier molecular flexibility index (Phi) is 8.06. The summed E-state index contributed by atoms with van der Waals surface area (Å²) in [6.07, 6.45) is 2.28. The molecular formula is C30H28N2O8S. The Bertz CT molecular complexity index is 1540. The second-order valence-electron chi connectivity index (χ2n) is 9.24. The molecule has 1 atom stereocenters. The minimum Gasteiger partial charge on any atom is -0.507 e. The number of ketones is 1. The number of aliphatic hydroxyl groups excluding tert-OH is 1. The lowest BCUT2D eigenvalue weighted by Crippen LogP contribution is -2.29. The number of aliphatic hydroxyl groups is 1. The van der Waals surface area contributed by atoms with E-state index in [1.54, 1.807) is 49.4 Å². The molecule has 41 heavy (non-hydrogen) atoms. The van der Waals surface area contributed by atoms with E-state index in [-0.39, 0.29) is 33.5 Å². The summed E-state index contributed by atoms with van der Waals surface area (Å²) in [5.41, 5.74) is 1.03. The molecular weight excluding hydrogens is 548 g/mol. The molecule has 11 heteroatoms. The number of ether oxygens (including phenoxy) is 4. The van der Waals surface area contributed by atoms with Crippen molar-refractivity contribution < 1.29 is 38.4 Å². The number of esters is 1. The second kappa shape index (κ2) is 11.8. The number of hydrogen-bond acceptors (Lipinski definition) is 10. The summed E-state index contributed by atoms with van der Waals surface area (Å²) in [6, 6.07) is 10.7. The molecule has 1 aromatic heterocycles. The van der Waals surface area contributed by atoms with Crippen LogP contribution in [-0.2, 0) is 14.3 Å². The van der Waals surface area contributed by atoms with Crippen LogP contribution >= 0.6 is 11.3 Å². The topological polar surface area (TPSA) is 124 Å². The number of aromatic nitrogens is 1. The Morgan fingerprint density at radius 2 is 1.90 bits per heavy atom. The monoisotopic (exact) mass is 576 g/mol. The molecule has 3 heterocycles. The van der Waals surface area contributed by atoms with Crippen molar-refractivity contribution in [2.45, 2.75) is 26.3 Å². The van der Waals surface area contributed by atoms with Gasteiger partial charge in [-0.2, -0.15) is 0 Å². The summed E-state index contributed by atoms with van der Waals surface area (Å²) in [7, 11) is 0. The van der Waals surface area contributed by atoms with Crippen LogP contribution in [0, 0.1) is 6.92 Å². The molecule has 1 amide bonds. The van der Waals surface area contributed by atoms with Crippen LogP contribution < -0.4 is 19.1 Å². The van der Waals surface area contributed by atoms with Gasteiger partial charge >= 0.3 is 11.9 Å². The number of benzene rings is 2. The highest BCUT2D eigenvalue weighted by atomic mass is 32.1. The molecule has 5 rings (SSSR count). The minimum atomic E-state index is -1.04. The number of rotatable bonds is 9. The van der Waals surface area contributed by atoms with Crippen molar-refractivity contribution in [2.24, 2.45) is 0 Å². The number of amides is 1. The molecule has 10 nitrogen and oxygen atoms in total. The number of hydrogen-bond donors (Lipinski definition) is 1. The van der Waals surface area contributed by atoms with E-state index in [1.807, 2.05) is 6.92 Å². The van der Waals surface area contributed by atoms with Crippen molar-refractivity contribution in [3.63, 3.8) is 0 Å². The normalized spacial score (nSPS) is 17.4. The van der Waals surface area contributed by atoms with Gasteiger partial charge in [-0.25, -0.2) is 9.78 Å². The van der Waals surface area contributed by atoms with Crippen molar-refractivity contribution in [2.75, 3.05) is 31.3 Å². The zero-order valence-electron chi connectivity index (χ0n) is 22.5. The largest absolute Gasteiger partial charge is 0.507 e. The lowest BCUT2D eigenvalue weighted by atomic mass is 9.95. The molecule has 0 radical (unpaired) electrons. The number of carbonyl (C=O) groups excluding carboxylic acids is 3. The Morgan fingerprint density at radius 1 is 1.17 bits per heavy atom. The van der Waals surface area contributed by atoms with Crippen LogP contribution in [0.25, 0.3) is 5.76 Å². The highest BCUT2D eigenvalue weighted by Gasteiger charge is 2.48. The molecule has 0 aliphatic carbocycles. The summed E-state index contributed by atoms with van der Waals surface area (Å²) in [5, 5.41) is 11.6. The number of nitrogens with zero attached hydrogens (tertiary/aromatic N) is 2. The maximum Gasteiger partial charge on any atom is 0.350 e. The summed E-state index contributed by atoms with van der Waals surface area (Å²) >= 11 is 0.929. The molecule has 3 aromatic rings. The number of aryl methyl sites for hydroxylation is 1. The zero-order valence-corrected chi connectivity index (χ0v) is 23.4. The van der Waals surface area contributed by atoms with Gasteiger partial charge in [0.2, 0.25) is 0 Å². The number of carbonyl (C=O) groups is 3. The van der Waals surface area contributed by atoms with Crippen LogP contribution in [0.4, 0.5) is 5.13 Å². The molecule has 212 valence electrons. The highest BCUT2D eigenvalue weighted by Crippen LogP contribution is 2.45. The smallest absolute Gasteiger partial charge is 0.350 e. The Hall–Kier alpha value is -4.64. The predicted octanol–water partition coefficient (Wildman–Crippen LogP) is 4.98. The van der Waals surface area contributed by atoms with Crippen molar-refractivity contribution in [3.8, 4) is 17.2 Å². The van der Waals surface area contributed by atoms with E-state index >= 15 is 0 Å². The third-order valence-corrected chi connectivity index (χ3v) is 7.57. The van der Waals surface area contributed by atoms with Gasteiger partial charge < -0.3 is 24.1 Å². The van der Waals surface area contributed by atoms with Crippen molar-refractivity contribution in [3.05, 3.63) is 82.4 Å². The number of anilines is 1. The van der Waals surface area contributed by atoms with Gasteiger partial charge in [0.1, 0.15) is 36.2 Å². The molecule has 1 fully saturated rings. The van der Waals surface area contributed by atoms with E-state index < -0.39 is 23.7 Å². The number of thiazole rings is 1. The first-order chi connectivity index (χ1) is 19.8. The quantitative estimate of drug-likeness (QED) is 0.123. The van der Waals surface area contributed by atoms with Gasteiger partial charge in [-0.3, -0.25) is 14.5 Å². The van der Waals surface area contributed by atoms with E-state index in [1.165, 1.54) is 11.0 Å². The van der Waals surface area contributed by atoms with Crippen molar-refractivity contribution in [1.29, 1.82) is 0 Å². The lowest BCUT2D eigenvalue weighted by molar-refractivity contribution is -0.132. The number of Topliss-reactive ketones (excluding diaryl/α,β-unsaturated/α-hetero) is 1. The van der Waals surface area contributed by atoms with Gasteiger partial charge in [0.15, 0.2) is 16.6 Å². The summed E-state index contributed by atoms with van der Waals surface area (Å²) < 4.78 is 22.1. The Labute approximate surface area is 240 Å². The fourth-order valence-corrected chi connectivity index (χ4v) is 5.52.